The summed E-state index contributed by atoms with van der Waals surface area (Å²) in [6.45, 7) is 1.59. The zero-order valence-electron chi connectivity index (χ0n) is 7.95. The third-order valence-electron chi connectivity index (χ3n) is 1.91. The number of nitrogens with zero attached hydrogens (tertiary/aromatic N) is 1. The number of hydrogen-bond acceptors (Lipinski definition) is 4. The lowest BCUT2D eigenvalue weighted by molar-refractivity contribution is -0.146. The highest BCUT2D eigenvalue weighted by molar-refractivity contribution is 9.10. The van der Waals surface area contributed by atoms with E-state index in [1.54, 1.807) is 25.4 Å². The van der Waals surface area contributed by atoms with E-state index in [4.69, 9.17) is 5.73 Å². The standard InChI is InChI=1S/C9H11BrN2O2/c1-9(11,8(13)14-2)6-3-7(10)5-12-4-6/h3-5H,11H2,1-2H3/t9-/m0/s1. The second kappa shape index (κ2) is 4.06. The fourth-order valence-electron chi connectivity index (χ4n) is 1.03. The second-order valence-electron chi connectivity index (χ2n) is 3.09. The second-order valence-corrected chi connectivity index (χ2v) is 4.00. The maximum Gasteiger partial charge on any atom is 0.330 e. The summed E-state index contributed by atoms with van der Waals surface area (Å²) in [7, 11) is 1.30. The van der Waals surface area contributed by atoms with Crippen molar-refractivity contribution < 1.29 is 9.53 Å². The Balaban J connectivity index is 3.09. The van der Waals surface area contributed by atoms with Gasteiger partial charge in [0, 0.05) is 22.4 Å². The van der Waals surface area contributed by atoms with Gasteiger partial charge in [0.15, 0.2) is 0 Å². The molecule has 0 aliphatic carbocycles. The highest BCUT2D eigenvalue weighted by atomic mass is 79.9. The molecule has 5 heteroatoms. The summed E-state index contributed by atoms with van der Waals surface area (Å²) in [5.41, 5.74) is 5.27. The van der Waals surface area contributed by atoms with Crippen molar-refractivity contribution in [2.45, 2.75) is 12.5 Å². The number of carbonyl (C=O) groups excluding carboxylic acids is 1. The van der Waals surface area contributed by atoms with E-state index in [1.807, 2.05) is 0 Å². The number of methoxy groups -OCH3 is 1. The minimum atomic E-state index is -1.16. The van der Waals surface area contributed by atoms with Crippen molar-refractivity contribution in [3.63, 3.8) is 0 Å². The van der Waals surface area contributed by atoms with Crippen molar-refractivity contribution in [3.05, 3.63) is 28.5 Å². The molecule has 0 aromatic carbocycles. The normalized spacial score (nSPS) is 14.6. The molecule has 4 nitrogen and oxygen atoms in total. The predicted molar refractivity (Wildman–Crippen MR) is 55.5 cm³/mol. The lowest BCUT2D eigenvalue weighted by Crippen LogP contribution is -2.42. The van der Waals surface area contributed by atoms with Crippen LogP contribution >= 0.6 is 15.9 Å². The molecule has 1 rings (SSSR count). The first-order chi connectivity index (χ1) is 6.48. The first-order valence-corrected chi connectivity index (χ1v) is 4.76. The van der Waals surface area contributed by atoms with Crippen LogP contribution in [0, 0.1) is 0 Å². The molecule has 0 unspecified atom stereocenters. The number of halogens is 1. The first kappa shape index (κ1) is 11.1. The monoisotopic (exact) mass is 258 g/mol. The van der Waals surface area contributed by atoms with E-state index < -0.39 is 11.5 Å². The molecule has 0 saturated carbocycles. The summed E-state index contributed by atoms with van der Waals surface area (Å²) in [6.07, 6.45) is 3.17. The summed E-state index contributed by atoms with van der Waals surface area (Å²) in [6, 6.07) is 1.74. The van der Waals surface area contributed by atoms with E-state index in [2.05, 4.69) is 25.7 Å². The number of nitrogens with two attached hydrogens (primary N) is 1. The highest BCUT2D eigenvalue weighted by Gasteiger charge is 2.32. The van der Waals surface area contributed by atoms with Crippen LogP contribution in [0.1, 0.15) is 12.5 Å². The maximum atomic E-state index is 11.4. The van der Waals surface area contributed by atoms with Crippen LogP contribution in [0.3, 0.4) is 0 Å². The lowest BCUT2D eigenvalue weighted by atomic mass is 9.95. The van der Waals surface area contributed by atoms with E-state index in [9.17, 15) is 4.79 Å². The molecule has 0 aliphatic heterocycles. The number of hydrogen-bond donors (Lipinski definition) is 1. The molecule has 1 aromatic heterocycles. The molecule has 0 radical (unpaired) electrons. The molecular formula is C9H11BrN2O2. The fourth-order valence-corrected chi connectivity index (χ4v) is 1.39. The summed E-state index contributed by atoms with van der Waals surface area (Å²) < 4.78 is 5.38. The molecule has 2 N–H and O–H groups in total. The smallest absolute Gasteiger partial charge is 0.330 e. The Morgan fingerprint density at radius 3 is 2.79 bits per heavy atom. The summed E-state index contributed by atoms with van der Waals surface area (Å²) in [5.74, 6) is -0.489. The van der Waals surface area contributed by atoms with Gasteiger partial charge in [-0.05, 0) is 28.9 Å². The summed E-state index contributed by atoms with van der Waals surface area (Å²) in [4.78, 5) is 15.3. The Hall–Kier alpha value is -0.940. The van der Waals surface area contributed by atoms with Crippen molar-refractivity contribution >= 4 is 21.9 Å². The Labute approximate surface area is 90.6 Å². The number of ether oxygens (including phenoxy) is 1. The molecule has 76 valence electrons. The van der Waals surface area contributed by atoms with Crippen LogP contribution in [0.15, 0.2) is 22.9 Å². The summed E-state index contributed by atoms with van der Waals surface area (Å²) >= 11 is 3.26. The van der Waals surface area contributed by atoms with Crippen LogP contribution in [0.4, 0.5) is 0 Å². The molecule has 0 bridgehead atoms. The highest BCUT2D eigenvalue weighted by Crippen LogP contribution is 2.21. The largest absolute Gasteiger partial charge is 0.467 e. The zero-order chi connectivity index (χ0) is 10.8. The molecule has 1 heterocycles. The van der Waals surface area contributed by atoms with Gasteiger partial charge in [-0.3, -0.25) is 4.98 Å². The average molecular weight is 259 g/mol. The van der Waals surface area contributed by atoms with Gasteiger partial charge in [-0.1, -0.05) is 0 Å². The van der Waals surface area contributed by atoms with Gasteiger partial charge in [-0.25, -0.2) is 4.79 Å². The average Bonchev–Trinajstić information content (AvgIpc) is 2.16. The fraction of sp³-hybridized carbons (Fsp3) is 0.333. The van der Waals surface area contributed by atoms with Gasteiger partial charge in [0.1, 0.15) is 5.54 Å². The van der Waals surface area contributed by atoms with Gasteiger partial charge in [0.25, 0.3) is 0 Å². The molecule has 1 aromatic rings. The first-order valence-electron chi connectivity index (χ1n) is 3.97. The van der Waals surface area contributed by atoms with E-state index in [0.29, 0.717) is 5.56 Å². The lowest BCUT2D eigenvalue weighted by Gasteiger charge is -2.21. The van der Waals surface area contributed by atoms with Crippen LogP contribution in [0.25, 0.3) is 0 Å². The van der Waals surface area contributed by atoms with Crippen LogP contribution < -0.4 is 5.73 Å². The third-order valence-corrected chi connectivity index (χ3v) is 2.35. The Morgan fingerprint density at radius 1 is 1.64 bits per heavy atom. The predicted octanol–water partition coefficient (Wildman–Crippen LogP) is 1.19. The van der Waals surface area contributed by atoms with E-state index >= 15 is 0 Å². The van der Waals surface area contributed by atoms with E-state index in [-0.39, 0.29) is 0 Å². The topological polar surface area (TPSA) is 65.2 Å². The van der Waals surface area contributed by atoms with Gasteiger partial charge in [0.05, 0.1) is 7.11 Å². The molecule has 0 saturated heterocycles. The molecule has 0 spiro atoms. The van der Waals surface area contributed by atoms with E-state index in [0.717, 1.165) is 4.47 Å². The SMILES string of the molecule is COC(=O)[C@@](C)(N)c1cncc(Br)c1. The Kier molecular flexibility index (Phi) is 3.23. The van der Waals surface area contributed by atoms with Crippen molar-refractivity contribution in [2.24, 2.45) is 5.73 Å². The number of carbonyl (C=O) groups is 1. The van der Waals surface area contributed by atoms with Gasteiger partial charge in [0.2, 0.25) is 0 Å². The zero-order valence-corrected chi connectivity index (χ0v) is 9.54. The van der Waals surface area contributed by atoms with Gasteiger partial charge in [-0.2, -0.15) is 0 Å². The minimum Gasteiger partial charge on any atom is -0.467 e. The Morgan fingerprint density at radius 2 is 2.29 bits per heavy atom. The minimum absolute atomic E-state index is 0.489. The number of aromatic nitrogens is 1. The molecule has 1 atom stereocenters. The third kappa shape index (κ3) is 2.10. The Bertz CT molecular complexity index is 352. The van der Waals surface area contributed by atoms with Gasteiger partial charge in [-0.15, -0.1) is 0 Å². The number of rotatable bonds is 2. The molecule has 0 fully saturated rings. The molecule has 14 heavy (non-hydrogen) atoms. The van der Waals surface area contributed by atoms with Crippen molar-refractivity contribution in [3.8, 4) is 0 Å². The van der Waals surface area contributed by atoms with E-state index in [1.165, 1.54) is 7.11 Å². The molecular weight excluding hydrogens is 248 g/mol. The molecule has 0 aliphatic rings. The van der Waals surface area contributed by atoms with Crippen LogP contribution in [-0.4, -0.2) is 18.1 Å². The van der Waals surface area contributed by atoms with Crippen molar-refractivity contribution in [2.75, 3.05) is 7.11 Å². The van der Waals surface area contributed by atoms with Gasteiger partial charge >= 0.3 is 5.97 Å². The van der Waals surface area contributed by atoms with Crippen LogP contribution in [-0.2, 0) is 15.1 Å². The van der Waals surface area contributed by atoms with Gasteiger partial charge < -0.3 is 10.5 Å². The summed E-state index contributed by atoms with van der Waals surface area (Å²) in [5, 5.41) is 0. The molecule has 0 amide bonds. The van der Waals surface area contributed by atoms with Crippen molar-refractivity contribution in [1.82, 2.24) is 4.98 Å². The van der Waals surface area contributed by atoms with Crippen LogP contribution in [0.2, 0.25) is 0 Å². The number of esters is 1. The maximum absolute atomic E-state index is 11.4. The van der Waals surface area contributed by atoms with Crippen LogP contribution in [0.5, 0.6) is 0 Å². The number of pyridine rings is 1. The quantitative estimate of drug-likeness (QED) is 0.810. The van der Waals surface area contributed by atoms with Crippen molar-refractivity contribution in [1.29, 1.82) is 0 Å².